The van der Waals surface area contributed by atoms with Gasteiger partial charge in [-0.1, -0.05) is 41.9 Å². The first-order chi connectivity index (χ1) is 14.0. The molecule has 1 aliphatic rings. The zero-order valence-corrected chi connectivity index (χ0v) is 16.4. The molecular weight excluding hydrogens is 392 g/mol. The molecule has 2 N–H and O–H groups in total. The molecule has 8 heteroatoms. The van der Waals surface area contributed by atoms with Crippen LogP contribution in [0.5, 0.6) is 5.75 Å². The predicted molar refractivity (Wildman–Crippen MR) is 109 cm³/mol. The highest BCUT2D eigenvalue weighted by molar-refractivity contribution is 6.31. The van der Waals surface area contributed by atoms with Gasteiger partial charge >= 0.3 is 0 Å². The number of nitrogens with one attached hydrogen (secondary N) is 2. The maximum Gasteiger partial charge on any atom is 0.272 e. The Hall–Kier alpha value is -3.32. The van der Waals surface area contributed by atoms with Gasteiger partial charge in [-0.3, -0.25) is 14.7 Å². The van der Waals surface area contributed by atoms with Crippen molar-refractivity contribution in [3.63, 3.8) is 0 Å². The number of nitrogens with zero attached hydrogens (tertiary/aromatic N) is 2. The van der Waals surface area contributed by atoms with E-state index in [9.17, 15) is 9.59 Å². The molecule has 0 spiro atoms. The first-order valence-electron chi connectivity index (χ1n) is 9.10. The van der Waals surface area contributed by atoms with Crippen LogP contribution in [-0.4, -0.2) is 41.7 Å². The second-order valence-electron chi connectivity index (χ2n) is 6.79. The van der Waals surface area contributed by atoms with Gasteiger partial charge < -0.3 is 15.0 Å². The largest absolute Gasteiger partial charge is 0.489 e. The van der Waals surface area contributed by atoms with Gasteiger partial charge in [0.15, 0.2) is 0 Å². The fourth-order valence-electron chi connectivity index (χ4n) is 3.19. The minimum atomic E-state index is -0.840. The fraction of sp³-hybridized carbons (Fsp3) is 0.190. The van der Waals surface area contributed by atoms with Crippen LogP contribution in [0.15, 0.2) is 54.6 Å². The number of aromatic amines is 1. The Morgan fingerprint density at radius 2 is 2.07 bits per heavy atom. The number of ether oxygens (including phenoxy) is 1. The number of hydrogen-bond acceptors (Lipinski definition) is 4. The number of H-pyrrole nitrogens is 1. The van der Waals surface area contributed by atoms with Gasteiger partial charge in [-0.2, -0.15) is 5.10 Å². The van der Waals surface area contributed by atoms with Crippen molar-refractivity contribution in [1.82, 2.24) is 15.5 Å². The molecule has 2 aromatic carbocycles. The molecule has 7 nitrogen and oxygen atoms in total. The summed E-state index contributed by atoms with van der Waals surface area (Å²) in [6, 6.07) is 15.8. The predicted octanol–water partition coefficient (Wildman–Crippen LogP) is 2.81. The van der Waals surface area contributed by atoms with Crippen molar-refractivity contribution in [2.24, 2.45) is 0 Å². The molecule has 0 radical (unpaired) electrons. The number of likely N-dealkylation sites (N-methyl/N-ethyl adjacent to an activating group) is 1. The Kier molecular flexibility index (Phi) is 5.22. The minimum Gasteiger partial charge on any atom is -0.489 e. The van der Waals surface area contributed by atoms with E-state index in [-0.39, 0.29) is 18.2 Å². The summed E-state index contributed by atoms with van der Waals surface area (Å²) in [7, 11) is 1.62. The zero-order valence-electron chi connectivity index (χ0n) is 15.7. The average molecular weight is 411 g/mol. The number of rotatable bonds is 4. The van der Waals surface area contributed by atoms with E-state index in [2.05, 4.69) is 15.5 Å². The molecule has 0 saturated carbocycles. The monoisotopic (exact) mass is 410 g/mol. The normalized spacial score (nSPS) is 16.0. The van der Waals surface area contributed by atoms with Gasteiger partial charge in [0.1, 0.15) is 24.1 Å². The molecule has 1 aliphatic heterocycles. The van der Waals surface area contributed by atoms with E-state index >= 15 is 0 Å². The summed E-state index contributed by atoms with van der Waals surface area (Å²) in [4.78, 5) is 26.9. The van der Waals surface area contributed by atoms with Crippen molar-refractivity contribution in [2.45, 2.75) is 12.5 Å². The van der Waals surface area contributed by atoms with Crippen molar-refractivity contribution >= 4 is 29.1 Å². The van der Waals surface area contributed by atoms with Crippen LogP contribution >= 0.6 is 11.6 Å². The Morgan fingerprint density at radius 3 is 2.86 bits per heavy atom. The van der Waals surface area contributed by atoms with Gasteiger partial charge in [-0.25, -0.2) is 0 Å². The Labute approximate surface area is 172 Å². The number of carbonyl (C=O) groups excluding carboxylic acids is 2. The first-order valence-corrected chi connectivity index (χ1v) is 9.48. The van der Waals surface area contributed by atoms with Crippen molar-refractivity contribution in [3.8, 4) is 5.75 Å². The molecule has 0 unspecified atom stereocenters. The molecule has 3 aromatic rings. The van der Waals surface area contributed by atoms with Crippen LogP contribution in [0.1, 0.15) is 21.7 Å². The summed E-state index contributed by atoms with van der Waals surface area (Å²) in [6.07, 6.45) is 0.630. The van der Waals surface area contributed by atoms with Crippen LogP contribution in [0.25, 0.3) is 0 Å². The van der Waals surface area contributed by atoms with E-state index in [1.54, 1.807) is 31.3 Å². The maximum absolute atomic E-state index is 12.8. The molecular formula is C21H19ClN4O3. The summed E-state index contributed by atoms with van der Waals surface area (Å²) in [5.74, 6) is -0.203. The van der Waals surface area contributed by atoms with Crippen LogP contribution in [0.2, 0.25) is 5.02 Å². The van der Waals surface area contributed by atoms with Crippen LogP contribution in [0.3, 0.4) is 0 Å². The van der Waals surface area contributed by atoms with Gasteiger partial charge in [0.05, 0.1) is 5.69 Å². The lowest BCUT2D eigenvalue weighted by molar-refractivity contribution is -0.120. The number of amides is 2. The number of fused-ring (bicyclic) bond motifs is 1. The smallest absolute Gasteiger partial charge is 0.272 e. The van der Waals surface area contributed by atoms with Gasteiger partial charge in [-0.15, -0.1) is 0 Å². The first kappa shape index (κ1) is 19.0. The third-order valence-electron chi connectivity index (χ3n) is 4.72. The maximum atomic E-state index is 12.8. The quantitative estimate of drug-likeness (QED) is 0.692. The lowest BCUT2D eigenvalue weighted by atomic mass is 10.1. The molecule has 4 rings (SSSR count). The molecule has 2 amide bonds. The van der Waals surface area contributed by atoms with Gasteiger partial charge in [-0.05, 0) is 29.8 Å². The highest BCUT2D eigenvalue weighted by Crippen LogP contribution is 2.33. The van der Waals surface area contributed by atoms with Crippen molar-refractivity contribution in [1.29, 1.82) is 0 Å². The summed E-state index contributed by atoms with van der Waals surface area (Å²) in [5, 5.41) is 10.2. The van der Waals surface area contributed by atoms with E-state index in [1.165, 1.54) is 4.90 Å². The second kappa shape index (κ2) is 7.97. The Balaban J connectivity index is 1.45. The minimum absolute atomic E-state index is 0.0187. The molecule has 148 valence electrons. The number of carbonyl (C=O) groups is 2. The second-order valence-corrected chi connectivity index (χ2v) is 7.22. The van der Waals surface area contributed by atoms with Crippen LogP contribution in [0.4, 0.5) is 5.69 Å². The molecule has 2 heterocycles. The third kappa shape index (κ3) is 4.09. The average Bonchev–Trinajstić information content (AvgIpc) is 3.16. The van der Waals surface area contributed by atoms with Crippen LogP contribution in [-0.2, 0) is 11.2 Å². The number of halogens is 1. The lowest BCUT2D eigenvalue weighted by Crippen LogP contribution is -2.49. The van der Waals surface area contributed by atoms with Gasteiger partial charge in [0, 0.05) is 24.2 Å². The fourth-order valence-corrected chi connectivity index (χ4v) is 3.36. The summed E-state index contributed by atoms with van der Waals surface area (Å²) < 4.78 is 5.71. The van der Waals surface area contributed by atoms with Crippen molar-refractivity contribution < 1.29 is 14.3 Å². The highest BCUT2D eigenvalue weighted by atomic mass is 35.5. The van der Waals surface area contributed by atoms with E-state index in [1.807, 2.05) is 30.3 Å². The van der Waals surface area contributed by atoms with E-state index in [4.69, 9.17) is 16.3 Å². The highest BCUT2D eigenvalue weighted by Gasteiger charge is 2.31. The molecule has 29 heavy (non-hydrogen) atoms. The SMILES string of the molecule is CN1C(=O)[C@@H](NC(=O)c2cc(Cc3ccccc3)[nH]n2)COc2ccc(Cl)cc21. The van der Waals surface area contributed by atoms with Gasteiger partial charge in [0.2, 0.25) is 0 Å². The molecule has 0 fully saturated rings. The summed E-state index contributed by atoms with van der Waals surface area (Å²) in [6.45, 7) is 0.0187. The van der Waals surface area contributed by atoms with Crippen molar-refractivity contribution in [2.75, 3.05) is 18.6 Å². The topological polar surface area (TPSA) is 87.3 Å². The molecule has 0 saturated heterocycles. The standard InChI is InChI=1S/C21H19ClN4O3/c1-26-18-10-14(22)7-8-19(18)29-12-17(21(26)28)23-20(27)16-11-15(24-25-16)9-13-5-3-2-4-6-13/h2-8,10-11,17H,9,12H2,1H3,(H,23,27)(H,24,25)/t17-/m0/s1. The molecule has 1 aromatic heterocycles. The Bertz CT molecular complexity index is 1050. The number of hydrogen-bond donors (Lipinski definition) is 2. The third-order valence-corrected chi connectivity index (χ3v) is 4.96. The zero-order chi connectivity index (χ0) is 20.4. The number of aromatic nitrogens is 2. The lowest BCUT2D eigenvalue weighted by Gasteiger charge is -2.20. The van der Waals surface area contributed by atoms with Crippen LogP contribution < -0.4 is 15.0 Å². The van der Waals surface area contributed by atoms with E-state index in [0.717, 1.165) is 11.3 Å². The van der Waals surface area contributed by atoms with E-state index in [0.29, 0.717) is 22.9 Å². The van der Waals surface area contributed by atoms with Gasteiger partial charge in [0.25, 0.3) is 11.8 Å². The Morgan fingerprint density at radius 1 is 1.28 bits per heavy atom. The van der Waals surface area contributed by atoms with Crippen LogP contribution in [0, 0.1) is 0 Å². The number of anilines is 1. The summed E-state index contributed by atoms with van der Waals surface area (Å²) in [5.41, 5.74) is 2.69. The summed E-state index contributed by atoms with van der Waals surface area (Å²) >= 11 is 6.03. The van der Waals surface area contributed by atoms with E-state index < -0.39 is 11.9 Å². The van der Waals surface area contributed by atoms with Crippen molar-refractivity contribution in [3.05, 3.63) is 76.6 Å². The number of benzene rings is 2. The molecule has 0 bridgehead atoms. The molecule has 0 aliphatic carbocycles. The molecule has 1 atom stereocenters.